The highest BCUT2D eigenvalue weighted by atomic mass is 32.2. The molecule has 0 bridgehead atoms. The molecule has 1 aromatic carbocycles. The van der Waals surface area contributed by atoms with Crippen LogP contribution in [0.3, 0.4) is 0 Å². The number of fused-ring (bicyclic) bond motifs is 1. The summed E-state index contributed by atoms with van der Waals surface area (Å²) in [6.45, 7) is 7.34. The van der Waals surface area contributed by atoms with Gasteiger partial charge in [-0.1, -0.05) is 0 Å². The molecular formula is C29H39N2O11S+. The Morgan fingerprint density at radius 3 is 2.19 bits per heavy atom. The molecule has 3 rings (SSSR count). The molecule has 1 aromatic rings. The molecule has 2 amide bonds. The fourth-order valence-corrected chi connectivity index (χ4v) is 7.30. The van der Waals surface area contributed by atoms with Crippen LogP contribution in [0.25, 0.3) is 0 Å². The lowest BCUT2D eigenvalue weighted by molar-refractivity contribution is -0.522. The number of esters is 2. The minimum atomic E-state index is -2.30. The smallest absolute Gasteiger partial charge is 0.433 e. The van der Waals surface area contributed by atoms with Gasteiger partial charge in [0.1, 0.15) is 29.8 Å². The topological polar surface area (TPSA) is 164 Å². The fourth-order valence-electron chi connectivity index (χ4n) is 5.10. The van der Waals surface area contributed by atoms with Crippen LogP contribution < -0.4 is 14.8 Å². The summed E-state index contributed by atoms with van der Waals surface area (Å²) < 4.78 is 42.2. The summed E-state index contributed by atoms with van der Waals surface area (Å²) in [5.74, 6) is -4.90. The van der Waals surface area contributed by atoms with E-state index in [0.29, 0.717) is 17.1 Å². The Kier molecular flexibility index (Phi) is 11.2. The maximum Gasteiger partial charge on any atom is 0.433 e. The van der Waals surface area contributed by atoms with Gasteiger partial charge in [-0.15, -0.1) is 4.58 Å². The van der Waals surface area contributed by atoms with E-state index in [0.717, 1.165) is 11.5 Å². The largest absolute Gasteiger partial charge is 0.497 e. The van der Waals surface area contributed by atoms with Crippen LogP contribution in [0.2, 0.25) is 0 Å². The highest BCUT2D eigenvalue weighted by Gasteiger charge is 2.79. The van der Waals surface area contributed by atoms with Crippen LogP contribution in [-0.2, 0) is 55.6 Å². The minimum Gasteiger partial charge on any atom is -0.497 e. The molecule has 1 saturated heterocycles. The minimum absolute atomic E-state index is 0.0350. The molecule has 2 aliphatic rings. The van der Waals surface area contributed by atoms with Gasteiger partial charge >= 0.3 is 23.4 Å². The SMILES string of the molecule is CCOC(=O)C(CC1C(COC(C)C)C=[N+]2C(=O)C(NC(C)=O)(C(=O)OCc3cc(OC)cc(OC)c3)[C@@H]2S1=O)C(C)=O. The predicted octanol–water partition coefficient (Wildman–Crippen LogP) is 0.902. The maximum atomic E-state index is 14.3. The van der Waals surface area contributed by atoms with E-state index in [1.165, 1.54) is 27.4 Å². The van der Waals surface area contributed by atoms with Gasteiger partial charge in [0.05, 0.1) is 55.5 Å². The number of methoxy groups -OCH3 is 2. The molecule has 13 nitrogen and oxygen atoms in total. The van der Waals surface area contributed by atoms with Gasteiger partial charge in [-0.3, -0.25) is 18.6 Å². The molecule has 2 aliphatic heterocycles. The highest BCUT2D eigenvalue weighted by molar-refractivity contribution is 7.86. The number of benzene rings is 1. The third-order valence-corrected chi connectivity index (χ3v) is 9.33. The van der Waals surface area contributed by atoms with Crippen LogP contribution in [0.5, 0.6) is 11.5 Å². The van der Waals surface area contributed by atoms with Crippen molar-refractivity contribution in [3.63, 3.8) is 0 Å². The number of β-lactam (4-membered cyclic amide) rings is 1. The van der Waals surface area contributed by atoms with Gasteiger partial charge < -0.3 is 29.0 Å². The van der Waals surface area contributed by atoms with Crippen molar-refractivity contribution in [3.05, 3.63) is 23.8 Å². The maximum absolute atomic E-state index is 14.3. The fraction of sp³-hybridized carbons (Fsp3) is 0.586. The summed E-state index contributed by atoms with van der Waals surface area (Å²) >= 11 is 0. The molecule has 1 N–H and O–H groups in total. The number of ketones is 1. The first-order valence-corrected chi connectivity index (χ1v) is 15.1. The third-order valence-electron chi connectivity index (χ3n) is 7.17. The van der Waals surface area contributed by atoms with Crippen molar-refractivity contribution >= 4 is 46.6 Å². The van der Waals surface area contributed by atoms with Crippen molar-refractivity contribution in [1.82, 2.24) is 5.32 Å². The van der Waals surface area contributed by atoms with Crippen LogP contribution in [0, 0.1) is 11.8 Å². The molecule has 0 aromatic heterocycles. The number of hydrogen-bond donors (Lipinski definition) is 1. The average molecular weight is 624 g/mol. The van der Waals surface area contributed by atoms with Crippen molar-refractivity contribution in [2.45, 2.75) is 69.9 Å². The molecule has 14 heteroatoms. The second-order valence-electron chi connectivity index (χ2n) is 10.6. The number of Topliss-reactive ketones (excluding diaryl/α,β-unsaturated/α-hetero) is 1. The number of carbonyl (C=O) groups excluding carboxylic acids is 5. The zero-order valence-corrected chi connectivity index (χ0v) is 26.2. The molecule has 1 fully saturated rings. The van der Waals surface area contributed by atoms with Crippen molar-refractivity contribution < 1.29 is 56.4 Å². The van der Waals surface area contributed by atoms with E-state index in [1.54, 1.807) is 39.0 Å². The lowest BCUT2D eigenvalue weighted by Gasteiger charge is -2.44. The van der Waals surface area contributed by atoms with Crippen molar-refractivity contribution in [3.8, 4) is 11.5 Å². The van der Waals surface area contributed by atoms with E-state index in [1.807, 2.05) is 0 Å². The van der Waals surface area contributed by atoms with Crippen LogP contribution in [0.1, 0.15) is 46.6 Å². The number of nitrogens with one attached hydrogen (secondary N) is 1. The van der Waals surface area contributed by atoms with Gasteiger partial charge in [0, 0.05) is 13.0 Å². The molecule has 43 heavy (non-hydrogen) atoms. The number of carbonyl (C=O) groups is 5. The zero-order chi connectivity index (χ0) is 32.1. The predicted molar refractivity (Wildman–Crippen MR) is 153 cm³/mol. The average Bonchev–Trinajstić information content (AvgIpc) is 2.96. The first kappa shape index (κ1) is 33.8. The second kappa shape index (κ2) is 14.2. The number of nitrogens with zero attached hydrogens (tertiary/aromatic N) is 1. The Hall–Kier alpha value is -3.65. The first-order chi connectivity index (χ1) is 20.3. The van der Waals surface area contributed by atoms with Crippen molar-refractivity contribution in [1.29, 1.82) is 0 Å². The van der Waals surface area contributed by atoms with Crippen LogP contribution in [0.15, 0.2) is 18.2 Å². The summed E-state index contributed by atoms with van der Waals surface area (Å²) in [6, 6.07) is 4.84. The highest BCUT2D eigenvalue weighted by Crippen LogP contribution is 2.39. The Bertz CT molecular complexity index is 1300. The molecule has 0 saturated carbocycles. The molecule has 2 heterocycles. The quantitative estimate of drug-likeness (QED) is 0.136. The summed E-state index contributed by atoms with van der Waals surface area (Å²) in [5.41, 5.74) is -1.82. The molecule has 5 unspecified atom stereocenters. The zero-order valence-electron chi connectivity index (χ0n) is 25.4. The van der Waals surface area contributed by atoms with E-state index < -0.39 is 68.3 Å². The summed E-state index contributed by atoms with van der Waals surface area (Å²) in [5, 5.41) is 0.138. The van der Waals surface area contributed by atoms with E-state index in [-0.39, 0.29) is 32.3 Å². The number of hydrogen-bond acceptors (Lipinski definition) is 11. The lowest BCUT2D eigenvalue weighted by atomic mass is 9.87. The van der Waals surface area contributed by atoms with Gasteiger partial charge in [-0.2, -0.15) is 0 Å². The van der Waals surface area contributed by atoms with Gasteiger partial charge in [0.2, 0.25) is 5.91 Å². The molecule has 6 atom stereocenters. The Labute approximate surface area is 252 Å². The molecule has 0 aliphatic carbocycles. The second-order valence-corrected chi connectivity index (χ2v) is 12.3. The van der Waals surface area contributed by atoms with Crippen LogP contribution in [-0.4, -0.2) is 94.2 Å². The van der Waals surface area contributed by atoms with Crippen LogP contribution in [0.4, 0.5) is 0 Å². The Morgan fingerprint density at radius 2 is 1.67 bits per heavy atom. The normalized spacial score (nSPS) is 25.0. The van der Waals surface area contributed by atoms with E-state index in [4.69, 9.17) is 23.7 Å². The summed E-state index contributed by atoms with van der Waals surface area (Å²) in [4.78, 5) is 64.7. The number of ether oxygens (including phenoxy) is 5. The Balaban J connectivity index is 2.00. The molecule has 236 valence electrons. The summed E-state index contributed by atoms with van der Waals surface area (Å²) in [6.07, 6.45) is 1.10. The van der Waals surface area contributed by atoms with E-state index in [2.05, 4.69) is 5.32 Å². The van der Waals surface area contributed by atoms with Crippen molar-refractivity contribution in [2.24, 2.45) is 11.8 Å². The molecule has 0 radical (unpaired) electrons. The first-order valence-electron chi connectivity index (χ1n) is 13.8. The molecule has 0 spiro atoms. The monoisotopic (exact) mass is 623 g/mol. The van der Waals surface area contributed by atoms with Gasteiger partial charge in [0.15, 0.2) is 6.21 Å². The van der Waals surface area contributed by atoms with Gasteiger partial charge in [-0.25, -0.2) is 9.59 Å². The van der Waals surface area contributed by atoms with E-state index >= 15 is 0 Å². The number of amides is 2. The van der Waals surface area contributed by atoms with Gasteiger partial charge in [-0.05, 0) is 51.8 Å². The number of rotatable bonds is 14. The van der Waals surface area contributed by atoms with E-state index in [9.17, 15) is 28.2 Å². The summed E-state index contributed by atoms with van der Waals surface area (Å²) in [7, 11) is 0.844. The Morgan fingerprint density at radius 1 is 1.05 bits per heavy atom. The van der Waals surface area contributed by atoms with Crippen LogP contribution >= 0.6 is 0 Å². The lowest BCUT2D eigenvalue weighted by Crippen LogP contribution is -2.84. The van der Waals surface area contributed by atoms with Crippen molar-refractivity contribution in [2.75, 3.05) is 27.4 Å². The standard InChI is InChI=1S/C29H38N2O11S/c1-8-40-25(34)23(17(4)32)12-24-20(15-41-16(2)3)13-31-26(35)29(30-18(5)33,27(31)43(24)37)28(36)42-14-19-9-21(38-6)11-22(10-19)39-7/h9-11,13,16,20,23-24,27H,8,12,14-15H2,1-7H3/p+1/t20?,23?,24?,27-,29?,43?/m0/s1. The molecular weight excluding hydrogens is 584 g/mol. The van der Waals surface area contributed by atoms with Gasteiger partial charge in [0.25, 0.3) is 5.37 Å². The third kappa shape index (κ3) is 7.12.